The van der Waals surface area contributed by atoms with Crippen molar-refractivity contribution in [2.24, 2.45) is 0 Å². The molecule has 1 rings (SSSR count). The first kappa shape index (κ1) is 8.14. The zero-order valence-electron chi connectivity index (χ0n) is 5.70. The van der Waals surface area contributed by atoms with Gasteiger partial charge in [-0.1, -0.05) is 6.08 Å². The molecule has 0 fully saturated rings. The minimum Gasteiger partial charge on any atom is -0.299 e. The molecule has 0 bridgehead atoms. The predicted molar refractivity (Wildman–Crippen MR) is 47.0 cm³/mol. The molecule has 0 aliphatic rings. The van der Waals surface area contributed by atoms with Gasteiger partial charge < -0.3 is 0 Å². The van der Waals surface area contributed by atoms with Crippen molar-refractivity contribution in [3.63, 3.8) is 0 Å². The Kier molecular flexibility index (Phi) is 2.98. The smallest absolute Gasteiger partial charge is 0.142 e. The summed E-state index contributed by atoms with van der Waals surface area (Å²) in [5, 5.41) is 0. The van der Waals surface area contributed by atoms with Crippen molar-refractivity contribution >= 4 is 28.3 Å². The maximum Gasteiger partial charge on any atom is 0.142 e. The maximum atomic E-state index is 9.94. The Hall–Kier alpha value is -0.960. The van der Waals surface area contributed by atoms with Crippen LogP contribution in [-0.2, 0) is 4.79 Å². The molecule has 0 aromatic carbocycles. The molecule has 0 N–H and O–H groups in total. The number of rotatable bonds is 2. The van der Waals surface area contributed by atoms with Crippen LogP contribution in [0.2, 0.25) is 0 Å². The first-order chi connectivity index (χ1) is 5.33. The van der Waals surface area contributed by atoms with Crippen molar-refractivity contribution in [3.8, 4) is 0 Å². The van der Waals surface area contributed by atoms with Crippen molar-refractivity contribution in [2.75, 3.05) is 0 Å². The molecule has 0 aliphatic carbocycles. The summed E-state index contributed by atoms with van der Waals surface area (Å²) in [4.78, 5) is 13.9. The molecule has 11 heavy (non-hydrogen) atoms. The number of hydrogen-bond acceptors (Lipinski definition) is 2. The van der Waals surface area contributed by atoms with Gasteiger partial charge in [0.1, 0.15) is 6.29 Å². The predicted octanol–water partition coefficient (Wildman–Crippen LogP) is 2.06. The van der Waals surface area contributed by atoms with Gasteiger partial charge in [-0.15, -0.1) is 0 Å². The van der Waals surface area contributed by atoms with Crippen LogP contribution in [0.25, 0.3) is 6.08 Å². The number of carbonyl (C=O) groups is 1. The molecule has 1 heterocycles. The van der Waals surface area contributed by atoms with Crippen LogP contribution in [-0.4, -0.2) is 11.3 Å². The second-order valence-electron chi connectivity index (χ2n) is 1.93. The molecule has 0 atom stereocenters. The summed E-state index contributed by atoms with van der Waals surface area (Å²) >= 11 is 3.27. The van der Waals surface area contributed by atoms with Crippen LogP contribution in [0.1, 0.15) is 5.56 Å². The minimum atomic E-state index is 0.737. The van der Waals surface area contributed by atoms with E-state index in [1.807, 2.05) is 6.07 Å². The molecule has 0 radical (unpaired) electrons. The highest BCUT2D eigenvalue weighted by molar-refractivity contribution is 9.10. The Bertz CT molecular complexity index is 283. The van der Waals surface area contributed by atoms with Gasteiger partial charge in [-0.25, -0.2) is 0 Å². The monoisotopic (exact) mass is 211 g/mol. The van der Waals surface area contributed by atoms with E-state index in [4.69, 9.17) is 0 Å². The van der Waals surface area contributed by atoms with Crippen molar-refractivity contribution < 1.29 is 4.79 Å². The number of aromatic nitrogens is 1. The number of halogens is 1. The quantitative estimate of drug-likeness (QED) is 0.554. The fraction of sp³-hybridized carbons (Fsp3) is 0. The highest BCUT2D eigenvalue weighted by Gasteiger charge is 1.87. The molecule has 1 aromatic rings. The first-order valence-corrected chi connectivity index (χ1v) is 3.84. The molecule has 0 saturated heterocycles. The highest BCUT2D eigenvalue weighted by atomic mass is 79.9. The topological polar surface area (TPSA) is 30.0 Å². The van der Waals surface area contributed by atoms with E-state index >= 15 is 0 Å². The van der Waals surface area contributed by atoms with Gasteiger partial charge >= 0.3 is 0 Å². The zero-order chi connectivity index (χ0) is 8.10. The van der Waals surface area contributed by atoms with Crippen LogP contribution in [0.5, 0.6) is 0 Å². The zero-order valence-corrected chi connectivity index (χ0v) is 7.28. The molecule has 0 aliphatic heterocycles. The number of aldehydes is 1. The Morgan fingerprint density at radius 2 is 2.27 bits per heavy atom. The van der Waals surface area contributed by atoms with Crippen LogP contribution in [0, 0.1) is 0 Å². The Morgan fingerprint density at radius 3 is 2.91 bits per heavy atom. The molecule has 56 valence electrons. The highest BCUT2D eigenvalue weighted by Crippen LogP contribution is 2.10. The van der Waals surface area contributed by atoms with Crippen LogP contribution < -0.4 is 0 Å². The van der Waals surface area contributed by atoms with Gasteiger partial charge in [0.2, 0.25) is 0 Å². The van der Waals surface area contributed by atoms with Crippen molar-refractivity contribution in [1.82, 2.24) is 4.98 Å². The number of nitrogens with zero attached hydrogens (tertiary/aromatic N) is 1. The lowest BCUT2D eigenvalue weighted by Gasteiger charge is -1.90. The third-order valence-corrected chi connectivity index (χ3v) is 1.53. The van der Waals surface area contributed by atoms with Gasteiger partial charge in [-0.2, -0.15) is 0 Å². The number of pyridine rings is 1. The summed E-state index contributed by atoms with van der Waals surface area (Å²) in [6.07, 6.45) is 7.25. The Morgan fingerprint density at radius 1 is 1.45 bits per heavy atom. The summed E-state index contributed by atoms with van der Waals surface area (Å²) in [5.41, 5.74) is 0.909. The van der Waals surface area contributed by atoms with E-state index < -0.39 is 0 Å². The van der Waals surface area contributed by atoms with E-state index in [1.165, 1.54) is 6.08 Å². The van der Waals surface area contributed by atoms with E-state index in [0.717, 1.165) is 16.3 Å². The lowest BCUT2D eigenvalue weighted by molar-refractivity contribution is -0.104. The van der Waals surface area contributed by atoms with E-state index in [-0.39, 0.29) is 0 Å². The number of hydrogen-bond donors (Lipinski definition) is 0. The summed E-state index contributed by atoms with van der Waals surface area (Å²) in [5.74, 6) is 0. The van der Waals surface area contributed by atoms with Gasteiger partial charge in [-0.05, 0) is 33.6 Å². The molecule has 1 aromatic heterocycles. The lowest BCUT2D eigenvalue weighted by Crippen LogP contribution is -1.75. The second-order valence-corrected chi connectivity index (χ2v) is 2.85. The van der Waals surface area contributed by atoms with Crippen LogP contribution >= 0.6 is 15.9 Å². The lowest BCUT2D eigenvalue weighted by atomic mass is 10.3. The summed E-state index contributed by atoms with van der Waals surface area (Å²) in [6.45, 7) is 0. The molecule has 0 saturated carbocycles. The SMILES string of the molecule is O=CC=Cc1cncc(Br)c1. The molecular weight excluding hydrogens is 206 g/mol. The molecule has 3 heteroatoms. The molecule has 0 amide bonds. The Labute approximate surface area is 73.1 Å². The second kappa shape index (κ2) is 4.03. The van der Waals surface area contributed by atoms with Crippen LogP contribution in [0.4, 0.5) is 0 Å². The van der Waals surface area contributed by atoms with Gasteiger partial charge in [-0.3, -0.25) is 9.78 Å². The van der Waals surface area contributed by atoms with E-state index in [1.54, 1.807) is 18.5 Å². The van der Waals surface area contributed by atoms with Crippen molar-refractivity contribution in [3.05, 3.63) is 34.6 Å². The fourth-order valence-corrected chi connectivity index (χ4v) is 1.05. The maximum absolute atomic E-state index is 9.94. The standard InChI is InChI=1S/C8H6BrNO/c9-8-4-7(2-1-3-11)5-10-6-8/h1-6H. The van der Waals surface area contributed by atoms with Crippen LogP contribution in [0.15, 0.2) is 29.0 Å². The van der Waals surface area contributed by atoms with Crippen molar-refractivity contribution in [1.29, 1.82) is 0 Å². The largest absolute Gasteiger partial charge is 0.299 e. The third-order valence-electron chi connectivity index (χ3n) is 1.09. The van der Waals surface area contributed by atoms with E-state index in [0.29, 0.717) is 0 Å². The summed E-state index contributed by atoms with van der Waals surface area (Å²) in [6, 6.07) is 1.88. The van der Waals surface area contributed by atoms with Crippen molar-refractivity contribution in [2.45, 2.75) is 0 Å². The summed E-state index contributed by atoms with van der Waals surface area (Å²) in [7, 11) is 0. The van der Waals surface area contributed by atoms with E-state index in [9.17, 15) is 4.79 Å². The van der Waals surface area contributed by atoms with Gasteiger partial charge in [0, 0.05) is 16.9 Å². The number of carbonyl (C=O) groups excluding carboxylic acids is 1. The van der Waals surface area contributed by atoms with Gasteiger partial charge in [0.05, 0.1) is 0 Å². The fourth-order valence-electron chi connectivity index (χ4n) is 0.670. The molecular formula is C8H6BrNO. The van der Waals surface area contributed by atoms with Gasteiger partial charge in [0.25, 0.3) is 0 Å². The Balaban J connectivity index is 2.87. The molecule has 0 unspecified atom stereocenters. The normalized spacial score (nSPS) is 10.3. The van der Waals surface area contributed by atoms with Crippen LogP contribution in [0.3, 0.4) is 0 Å². The first-order valence-electron chi connectivity index (χ1n) is 3.05. The summed E-state index contributed by atoms with van der Waals surface area (Å²) < 4.78 is 0.908. The average molecular weight is 212 g/mol. The van der Waals surface area contributed by atoms with Gasteiger partial charge in [0.15, 0.2) is 0 Å². The average Bonchev–Trinajstić information content (AvgIpc) is 2.01. The molecule has 2 nitrogen and oxygen atoms in total. The minimum absolute atomic E-state index is 0.737. The number of allylic oxidation sites excluding steroid dienone is 1. The third kappa shape index (κ3) is 2.63. The molecule has 0 spiro atoms. The van der Waals surface area contributed by atoms with E-state index in [2.05, 4.69) is 20.9 Å².